The maximum atomic E-state index is 7.17. The van der Waals surface area contributed by atoms with Gasteiger partial charge in [0.05, 0.1) is 5.69 Å². The Hall–Kier alpha value is -9.32. The summed E-state index contributed by atoms with van der Waals surface area (Å²) in [6.45, 7) is 25.7. The van der Waals surface area contributed by atoms with Gasteiger partial charge in [0.1, 0.15) is 11.2 Å². The molecule has 1 aliphatic carbocycles. The van der Waals surface area contributed by atoms with Gasteiger partial charge in [0.15, 0.2) is 0 Å². The van der Waals surface area contributed by atoms with E-state index in [4.69, 9.17) is 4.42 Å². The zero-order valence-electron chi connectivity index (χ0n) is 52.8. The zero-order valence-corrected chi connectivity index (χ0v) is 52.8. The summed E-state index contributed by atoms with van der Waals surface area (Å²) in [5, 5.41) is 2.36. The standard InChI is InChI=1S/C83H76BN3O/c1-53-47-67-77-72(43-44-75-78(77)66-51-68-69(52-76(66)88-75)83(10,11)46-45-82(68,8)9)87(63-38-31-59(32-39-63)80(2,3)4)84-70-41-40-64(50-73(70)86(74(48-53)79(67)84)71-42-33-60(81(5,6)7)49-65(71)58-25-19-14-20-26-58)85(61-34-27-56(28-35-61)54-21-15-12-16-22-54)62-36-29-57(30-37-62)55-23-17-13-18-24-55/h12-44,47-52H,45-46H2,1-11H3. The SMILES string of the molecule is Cc1cc2c3c(c1)N(c1ccc(C(C)(C)C)cc1-c1ccccc1)c1cc(N(c4ccc(-c5ccccc5)cc4)c4ccc(-c5ccccc5)cc4)ccc1B3N(c1ccc(C(C)(C)C)cc1)c1ccc3oc4cc5c(cc4c3c1-2)C(C)(C)CCC5(C)C. The van der Waals surface area contributed by atoms with Gasteiger partial charge in [-0.3, -0.25) is 0 Å². The van der Waals surface area contributed by atoms with Crippen LogP contribution < -0.4 is 25.5 Å². The minimum Gasteiger partial charge on any atom is -0.456 e. The molecule has 3 aliphatic rings. The molecule has 1 aromatic heterocycles. The van der Waals surface area contributed by atoms with Crippen LogP contribution in [0.5, 0.6) is 0 Å². The van der Waals surface area contributed by atoms with Crippen molar-refractivity contribution in [3.05, 3.63) is 264 Å². The van der Waals surface area contributed by atoms with Gasteiger partial charge >= 0.3 is 6.85 Å². The van der Waals surface area contributed by atoms with Gasteiger partial charge in [0.25, 0.3) is 0 Å². The number of benzene rings is 11. The normalized spacial score (nSPS) is 14.8. The molecule has 4 nitrogen and oxygen atoms in total. The Morgan fingerprint density at radius 1 is 0.432 bits per heavy atom. The van der Waals surface area contributed by atoms with E-state index in [0.29, 0.717) is 0 Å². The number of furan rings is 1. The zero-order chi connectivity index (χ0) is 60.6. The molecule has 0 amide bonds. The van der Waals surface area contributed by atoms with Gasteiger partial charge < -0.3 is 19.0 Å². The molecule has 88 heavy (non-hydrogen) atoms. The van der Waals surface area contributed by atoms with Gasteiger partial charge in [-0.05, 0) is 205 Å². The van der Waals surface area contributed by atoms with Crippen LogP contribution in [-0.4, -0.2) is 6.85 Å². The second-order valence-corrected chi connectivity index (χ2v) is 28.5. The third-order valence-electron chi connectivity index (χ3n) is 19.7. The first-order chi connectivity index (χ1) is 42.3. The van der Waals surface area contributed by atoms with Crippen molar-refractivity contribution in [3.63, 3.8) is 0 Å². The van der Waals surface area contributed by atoms with Crippen LogP contribution in [-0.2, 0) is 21.7 Å². The molecule has 12 aromatic rings. The van der Waals surface area contributed by atoms with E-state index in [0.717, 1.165) is 58.1 Å². The first kappa shape index (κ1) is 55.3. The number of fused-ring (bicyclic) bond motifs is 9. The molecule has 432 valence electrons. The fourth-order valence-corrected chi connectivity index (χ4v) is 14.7. The fraction of sp³-hybridized carbons (Fsp3) is 0.205. The van der Waals surface area contributed by atoms with Crippen LogP contribution in [0.3, 0.4) is 0 Å². The number of hydrogen-bond acceptors (Lipinski definition) is 4. The molecule has 3 heterocycles. The summed E-state index contributed by atoms with van der Waals surface area (Å²) in [6, 6.07) is 89.2. The highest BCUT2D eigenvalue weighted by Gasteiger charge is 2.47. The minimum absolute atomic E-state index is 0.0147. The summed E-state index contributed by atoms with van der Waals surface area (Å²) in [5.74, 6) is 0. The predicted octanol–water partition coefficient (Wildman–Crippen LogP) is 22.0. The van der Waals surface area contributed by atoms with E-state index < -0.39 is 0 Å². The van der Waals surface area contributed by atoms with Crippen molar-refractivity contribution in [2.75, 3.05) is 14.6 Å². The molecule has 5 heteroatoms. The highest BCUT2D eigenvalue weighted by molar-refractivity contribution is 6.93. The maximum Gasteiger partial charge on any atom is 0.333 e. The monoisotopic (exact) mass is 1140 g/mol. The number of nitrogens with zero attached hydrogens (tertiary/aromatic N) is 3. The molecule has 0 N–H and O–H groups in total. The lowest BCUT2D eigenvalue weighted by Gasteiger charge is -2.46. The van der Waals surface area contributed by atoms with Gasteiger partial charge in [-0.2, -0.15) is 0 Å². The van der Waals surface area contributed by atoms with Crippen molar-refractivity contribution >= 4 is 85.2 Å². The topological polar surface area (TPSA) is 22.9 Å². The highest BCUT2D eigenvalue weighted by atomic mass is 16.3. The lowest BCUT2D eigenvalue weighted by atomic mass is 9.43. The average Bonchev–Trinajstić information content (AvgIpc) is 1.04. The second kappa shape index (κ2) is 20.4. The molecule has 2 aliphatic heterocycles. The summed E-state index contributed by atoms with van der Waals surface area (Å²) in [5.41, 5.74) is 29.5. The van der Waals surface area contributed by atoms with Crippen LogP contribution in [0.4, 0.5) is 45.5 Å². The number of anilines is 8. The largest absolute Gasteiger partial charge is 0.456 e. The lowest BCUT2D eigenvalue weighted by Crippen LogP contribution is -2.61. The molecular weight excluding hydrogens is 1070 g/mol. The highest BCUT2D eigenvalue weighted by Crippen LogP contribution is 2.55. The average molecular weight is 1140 g/mol. The molecule has 0 saturated heterocycles. The first-order valence-corrected chi connectivity index (χ1v) is 31.6. The smallest absolute Gasteiger partial charge is 0.333 e. The Labute approximate surface area is 520 Å². The fourth-order valence-electron chi connectivity index (χ4n) is 14.7. The van der Waals surface area contributed by atoms with Crippen molar-refractivity contribution in [3.8, 4) is 44.5 Å². The van der Waals surface area contributed by atoms with Crippen molar-refractivity contribution < 1.29 is 4.42 Å². The summed E-state index contributed by atoms with van der Waals surface area (Å²) in [7, 11) is 0. The van der Waals surface area contributed by atoms with Crippen LogP contribution in [0.2, 0.25) is 0 Å². The van der Waals surface area contributed by atoms with Crippen LogP contribution in [0.1, 0.15) is 110 Å². The first-order valence-electron chi connectivity index (χ1n) is 31.6. The Bertz CT molecular complexity index is 4600. The third-order valence-corrected chi connectivity index (χ3v) is 19.7. The molecule has 0 radical (unpaired) electrons. The van der Waals surface area contributed by atoms with Gasteiger partial charge in [-0.25, -0.2) is 0 Å². The van der Waals surface area contributed by atoms with Crippen molar-refractivity contribution in [1.82, 2.24) is 0 Å². The molecule has 11 aromatic carbocycles. The second-order valence-electron chi connectivity index (χ2n) is 28.5. The van der Waals surface area contributed by atoms with E-state index in [-0.39, 0.29) is 28.5 Å². The third kappa shape index (κ3) is 9.19. The molecular formula is C83H76BN3O. The Morgan fingerprint density at radius 3 is 1.53 bits per heavy atom. The van der Waals surface area contributed by atoms with E-state index >= 15 is 0 Å². The number of hydrogen-bond donors (Lipinski definition) is 0. The number of rotatable bonds is 8. The summed E-state index contributed by atoms with van der Waals surface area (Å²) in [6.07, 6.45) is 2.27. The van der Waals surface area contributed by atoms with E-state index in [1.54, 1.807) is 0 Å². The molecule has 0 unspecified atom stereocenters. The molecule has 0 bridgehead atoms. The van der Waals surface area contributed by atoms with Gasteiger partial charge in [-0.15, -0.1) is 0 Å². The van der Waals surface area contributed by atoms with Crippen molar-refractivity contribution in [2.24, 2.45) is 0 Å². The molecule has 15 rings (SSSR count). The lowest BCUT2D eigenvalue weighted by molar-refractivity contribution is 0.332. The summed E-state index contributed by atoms with van der Waals surface area (Å²) >= 11 is 0. The van der Waals surface area contributed by atoms with Gasteiger partial charge in [-0.1, -0.05) is 215 Å². The Balaban J connectivity index is 1.03. The van der Waals surface area contributed by atoms with Crippen molar-refractivity contribution in [1.29, 1.82) is 0 Å². The quantitative estimate of drug-likeness (QED) is 0.141. The van der Waals surface area contributed by atoms with E-state index in [1.165, 1.54) is 105 Å². The Morgan fingerprint density at radius 2 is 0.955 bits per heavy atom. The predicted molar refractivity (Wildman–Crippen MR) is 376 cm³/mol. The van der Waals surface area contributed by atoms with Crippen LogP contribution in [0.25, 0.3) is 66.4 Å². The molecule has 0 spiro atoms. The van der Waals surface area contributed by atoms with Gasteiger partial charge in [0, 0.05) is 61.7 Å². The Kier molecular flexibility index (Phi) is 12.8. The maximum absolute atomic E-state index is 7.17. The molecule has 0 fully saturated rings. The molecule has 0 saturated carbocycles. The van der Waals surface area contributed by atoms with Crippen LogP contribution >= 0.6 is 0 Å². The number of aryl methyl sites for hydroxylation is 1. The minimum atomic E-state index is -0.222. The van der Waals surface area contributed by atoms with Crippen LogP contribution in [0.15, 0.2) is 241 Å². The van der Waals surface area contributed by atoms with E-state index in [1.807, 2.05) is 0 Å². The van der Waals surface area contributed by atoms with E-state index in [9.17, 15) is 0 Å². The van der Waals surface area contributed by atoms with Crippen molar-refractivity contribution in [2.45, 2.75) is 111 Å². The molecule has 0 atom stereocenters. The summed E-state index contributed by atoms with van der Waals surface area (Å²) in [4.78, 5) is 7.75. The van der Waals surface area contributed by atoms with Gasteiger partial charge in [0.2, 0.25) is 0 Å². The van der Waals surface area contributed by atoms with Crippen LogP contribution in [0, 0.1) is 6.92 Å². The van der Waals surface area contributed by atoms with E-state index in [2.05, 4.69) is 327 Å². The summed E-state index contributed by atoms with van der Waals surface area (Å²) < 4.78 is 7.17.